The zero-order valence-electron chi connectivity index (χ0n) is 14.7. The van der Waals surface area contributed by atoms with Crippen LogP contribution in [0, 0.1) is 5.92 Å². The van der Waals surface area contributed by atoms with Crippen molar-refractivity contribution in [1.29, 1.82) is 0 Å². The molecule has 0 unspecified atom stereocenters. The number of nitrogens with zero attached hydrogens (tertiary/aromatic N) is 2. The Balaban J connectivity index is 2.51. The molecule has 29 heavy (non-hydrogen) atoms. The number of halogens is 9. The molecular formula is C14H17F9N2O3S. The zero-order chi connectivity index (χ0) is 22.3. The van der Waals surface area contributed by atoms with Crippen LogP contribution in [0.25, 0.3) is 0 Å². The van der Waals surface area contributed by atoms with Crippen molar-refractivity contribution in [3.8, 4) is 0 Å². The van der Waals surface area contributed by atoms with Crippen LogP contribution in [-0.2, 0) is 14.8 Å². The highest BCUT2D eigenvalue weighted by atomic mass is 32.2. The van der Waals surface area contributed by atoms with E-state index in [1.807, 2.05) is 0 Å². The monoisotopic (exact) mass is 464 g/mol. The first-order chi connectivity index (χ1) is 13.1. The van der Waals surface area contributed by atoms with Crippen LogP contribution in [0.4, 0.5) is 39.5 Å². The van der Waals surface area contributed by atoms with Crippen LogP contribution in [0.1, 0.15) is 25.7 Å². The molecule has 15 heteroatoms. The molecule has 1 aliphatic carbocycles. The van der Waals surface area contributed by atoms with Gasteiger partial charge in [0, 0.05) is 19.0 Å². The van der Waals surface area contributed by atoms with E-state index >= 15 is 0 Å². The Morgan fingerprint density at radius 1 is 0.862 bits per heavy atom. The molecule has 1 saturated carbocycles. The number of hydrogen-bond acceptors (Lipinski definition) is 3. The lowest BCUT2D eigenvalue weighted by atomic mass is 10.1. The van der Waals surface area contributed by atoms with Crippen LogP contribution in [0.3, 0.4) is 0 Å². The standard InChI is InChI=1S/C14H17F9N2O3S/c15-11(16,13(19,20)21)12(17,18)14(22,23)29(26,27)24-10(9-3-1-2-4-9)25-5-7-28-8-6-25/h9H,1-8H2/b24-10-. The molecule has 1 aliphatic heterocycles. The zero-order valence-corrected chi connectivity index (χ0v) is 15.5. The van der Waals surface area contributed by atoms with Gasteiger partial charge in [-0.25, -0.2) is 0 Å². The van der Waals surface area contributed by atoms with Gasteiger partial charge in [0.15, 0.2) is 0 Å². The molecule has 2 aliphatic rings. The molecule has 0 aromatic heterocycles. The Kier molecular flexibility index (Phi) is 6.44. The lowest BCUT2D eigenvalue weighted by Crippen LogP contribution is -2.63. The number of alkyl halides is 9. The summed E-state index contributed by atoms with van der Waals surface area (Å²) in [7, 11) is -6.80. The predicted octanol–water partition coefficient (Wildman–Crippen LogP) is 3.66. The molecule has 0 radical (unpaired) electrons. The van der Waals surface area contributed by atoms with E-state index in [1.54, 1.807) is 0 Å². The highest BCUT2D eigenvalue weighted by Gasteiger charge is 2.85. The Morgan fingerprint density at radius 3 is 1.79 bits per heavy atom. The van der Waals surface area contributed by atoms with Gasteiger partial charge < -0.3 is 9.64 Å². The third kappa shape index (κ3) is 4.16. The van der Waals surface area contributed by atoms with Gasteiger partial charge in [-0.3, -0.25) is 0 Å². The maximum atomic E-state index is 14.0. The number of morpholine rings is 1. The first-order valence-electron chi connectivity index (χ1n) is 8.43. The van der Waals surface area contributed by atoms with E-state index in [9.17, 15) is 47.9 Å². The molecule has 0 bridgehead atoms. The molecule has 1 saturated heterocycles. The number of amidine groups is 1. The molecule has 0 amide bonds. The highest BCUT2D eigenvalue weighted by molar-refractivity contribution is 7.91. The topological polar surface area (TPSA) is 59.0 Å². The minimum atomic E-state index is -7.31. The summed E-state index contributed by atoms with van der Waals surface area (Å²) in [5.74, 6) is -15.9. The fourth-order valence-electron chi connectivity index (χ4n) is 3.07. The highest BCUT2D eigenvalue weighted by Crippen LogP contribution is 2.55. The van der Waals surface area contributed by atoms with Crippen LogP contribution >= 0.6 is 0 Å². The summed E-state index contributed by atoms with van der Waals surface area (Å²) < 4.78 is 149. The second-order valence-corrected chi connectivity index (χ2v) is 8.31. The van der Waals surface area contributed by atoms with Gasteiger partial charge in [0.1, 0.15) is 5.84 Å². The van der Waals surface area contributed by atoms with Crippen LogP contribution in [0.2, 0.25) is 0 Å². The number of ether oxygens (including phenoxy) is 1. The van der Waals surface area contributed by atoms with Crippen molar-refractivity contribution in [1.82, 2.24) is 4.90 Å². The second kappa shape index (κ2) is 7.78. The molecule has 0 aromatic carbocycles. The number of sulfonamides is 1. The molecule has 0 N–H and O–H groups in total. The SMILES string of the molecule is O=S(=O)(/N=C(/C1CCCC1)N1CCOCC1)C(F)(F)C(F)(F)C(F)(F)C(F)(F)F. The molecule has 0 atom stereocenters. The van der Waals surface area contributed by atoms with Gasteiger partial charge in [0.05, 0.1) is 13.2 Å². The smallest absolute Gasteiger partial charge is 0.378 e. The molecule has 170 valence electrons. The minimum absolute atomic E-state index is 0.0322. The quantitative estimate of drug-likeness (QED) is 0.354. The number of hydrogen-bond donors (Lipinski definition) is 0. The van der Waals surface area contributed by atoms with Gasteiger partial charge in [-0.15, -0.1) is 4.40 Å². The van der Waals surface area contributed by atoms with E-state index in [0.717, 1.165) is 0 Å². The van der Waals surface area contributed by atoms with E-state index in [-0.39, 0.29) is 39.1 Å². The van der Waals surface area contributed by atoms with Gasteiger partial charge in [-0.1, -0.05) is 12.8 Å². The van der Waals surface area contributed by atoms with E-state index in [0.29, 0.717) is 12.8 Å². The molecule has 2 fully saturated rings. The summed E-state index contributed by atoms with van der Waals surface area (Å²) >= 11 is 0. The lowest BCUT2D eigenvalue weighted by Gasteiger charge is -2.34. The third-order valence-electron chi connectivity index (χ3n) is 4.71. The predicted molar refractivity (Wildman–Crippen MR) is 81.6 cm³/mol. The van der Waals surface area contributed by atoms with Crippen molar-refractivity contribution in [2.24, 2.45) is 10.3 Å². The Hall–Kier alpha value is -1.25. The normalized spacial score (nSPS) is 21.7. The maximum absolute atomic E-state index is 14.0. The van der Waals surface area contributed by atoms with E-state index in [2.05, 4.69) is 4.40 Å². The number of rotatable bonds is 5. The third-order valence-corrected chi connectivity index (χ3v) is 6.04. The van der Waals surface area contributed by atoms with Gasteiger partial charge in [-0.2, -0.15) is 47.9 Å². The average molecular weight is 464 g/mol. The van der Waals surface area contributed by atoms with Crippen molar-refractivity contribution >= 4 is 15.9 Å². The van der Waals surface area contributed by atoms with Crippen LogP contribution in [0.5, 0.6) is 0 Å². The fraction of sp³-hybridized carbons (Fsp3) is 0.929. The summed E-state index contributed by atoms with van der Waals surface area (Å²) in [5, 5.41) is -6.81. The van der Waals surface area contributed by atoms with E-state index < -0.39 is 45.1 Å². The van der Waals surface area contributed by atoms with Crippen molar-refractivity contribution in [2.45, 2.75) is 49.0 Å². The largest absolute Gasteiger partial charge is 0.460 e. The molecule has 5 nitrogen and oxygen atoms in total. The van der Waals surface area contributed by atoms with Crippen LogP contribution in [-0.4, -0.2) is 68.7 Å². The minimum Gasteiger partial charge on any atom is -0.378 e. The van der Waals surface area contributed by atoms with Crippen molar-refractivity contribution in [2.75, 3.05) is 26.3 Å². The first-order valence-corrected chi connectivity index (χ1v) is 9.87. The fourth-order valence-corrected chi connectivity index (χ4v) is 4.15. The Morgan fingerprint density at radius 2 is 1.34 bits per heavy atom. The lowest BCUT2D eigenvalue weighted by molar-refractivity contribution is -0.382. The van der Waals surface area contributed by atoms with Gasteiger partial charge >= 0.3 is 33.3 Å². The van der Waals surface area contributed by atoms with Crippen LogP contribution < -0.4 is 0 Å². The van der Waals surface area contributed by atoms with Crippen molar-refractivity contribution in [3.63, 3.8) is 0 Å². The van der Waals surface area contributed by atoms with Gasteiger partial charge in [0.2, 0.25) is 0 Å². The summed E-state index contributed by atoms with van der Waals surface area (Å²) in [6.45, 7) is -0.00791. The molecule has 2 rings (SSSR count). The summed E-state index contributed by atoms with van der Waals surface area (Å²) in [6, 6.07) is 0. The summed E-state index contributed by atoms with van der Waals surface area (Å²) in [4.78, 5) is 1.17. The van der Waals surface area contributed by atoms with Crippen molar-refractivity contribution < 1.29 is 52.7 Å². The van der Waals surface area contributed by atoms with Crippen molar-refractivity contribution in [3.05, 3.63) is 0 Å². The van der Waals surface area contributed by atoms with Gasteiger partial charge in [0.25, 0.3) is 0 Å². The molecule has 1 heterocycles. The molecule has 0 spiro atoms. The van der Waals surface area contributed by atoms with E-state index in [1.165, 1.54) is 4.90 Å². The van der Waals surface area contributed by atoms with Gasteiger partial charge in [-0.05, 0) is 12.8 Å². The first kappa shape index (κ1) is 24.0. The molecule has 0 aromatic rings. The Bertz CT molecular complexity index is 725. The molecular weight excluding hydrogens is 447 g/mol. The van der Waals surface area contributed by atoms with E-state index in [4.69, 9.17) is 4.74 Å². The maximum Gasteiger partial charge on any atom is 0.460 e. The second-order valence-electron chi connectivity index (χ2n) is 6.67. The summed E-state index contributed by atoms with van der Waals surface area (Å²) in [6.07, 6.45) is -5.48. The summed E-state index contributed by atoms with van der Waals surface area (Å²) in [5.41, 5.74) is 0. The average Bonchev–Trinajstić information content (AvgIpc) is 3.13. The van der Waals surface area contributed by atoms with Crippen LogP contribution in [0.15, 0.2) is 4.40 Å². The Labute approximate surface area is 159 Å².